The predicted octanol–water partition coefficient (Wildman–Crippen LogP) is 2.91. The highest BCUT2D eigenvalue weighted by Gasteiger charge is 2.39. The summed E-state index contributed by atoms with van der Waals surface area (Å²) in [5.74, 6) is -1.71. The number of rotatable bonds is 12. The Morgan fingerprint density at radius 1 is 1.05 bits per heavy atom. The molecular formula is C28H35N5O5. The topological polar surface area (TPSA) is 149 Å². The summed E-state index contributed by atoms with van der Waals surface area (Å²) in [6.07, 6.45) is 1.86. The van der Waals surface area contributed by atoms with Crippen LogP contribution in [0, 0.1) is 11.3 Å². The van der Waals surface area contributed by atoms with E-state index >= 15 is 0 Å². The summed E-state index contributed by atoms with van der Waals surface area (Å²) < 4.78 is 10.5. The average Bonchev–Trinajstić information content (AvgIpc) is 3.47. The van der Waals surface area contributed by atoms with E-state index in [-0.39, 0.29) is 24.6 Å². The van der Waals surface area contributed by atoms with Crippen LogP contribution in [0.5, 0.6) is 0 Å². The minimum Gasteiger partial charge on any atom is -0.468 e. The van der Waals surface area contributed by atoms with Crippen LogP contribution in [0.15, 0.2) is 60.8 Å². The van der Waals surface area contributed by atoms with Gasteiger partial charge < -0.3 is 20.5 Å². The number of carbonyl (C=O) groups is 3. The average molecular weight is 522 g/mol. The molecule has 3 aromatic rings. The molecule has 3 atom stereocenters. The zero-order valence-electron chi connectivity index (χ0n) is 22.1. The van der Waals surface area contributed by atoms with E-state index in [2.05, 4.69) is 20.7 Å². The smallest absolute Gasteiger partial charge is 0.323 e. The van der Waals surface area contributed by atoms with Gasteiger partial charge in [0.25, 0.3) is 5.91 Å². The molecule has 0 spiro atoms. The number of nitrogens with zero attached hydrogens (tertiary/aromatic N) is 2. The van der Waals surface area contributed by atoms with Crippen molar-refractivity contribution in [1.82, 2.24) is 20.7 Å². The van der Waals surface area contributed by atoms with Gasteiger partial charge in [-0.05, 0) is 42.4 Å². The van der Waals surface area contributed by atoms with E-state index in [0.29, 0.717) is 6.42 Å². The molecule has 0 aliphatic carbocycles. The van der Waals surface area contributed by atoms with Gasteiger partial charge in [-0.2, -0.15) is 0 Å². The van der Waals surface area contributed by atoms with Crippen molar-refractivity contribution in [1.29, 1.82) is 0 Å². The van der Waals surface area contributed by atoms with E-state index in [9.17, 15) is 14.4 Å². The van der Waals surface area contributed by atoms with Gasteiger partial charge in [0.05, 0.1) is 13.3 Å². The summed E-state index contributed by atoms with van der Waals surface area (Å²) in [5.41, 5.74) is 7.96. The Hall–Kier alpha value is -4.05. The molecule has 0 aliphatic rings. The second-order valence-electron chi connectivity index (χ2n) is 9.94. The molecule has 10 nitrogen and oxygen atoms in total. The van der Waals surface area contributed by atoms with Crippen molar-refractivity contribution in [3.05, 3.63) is 72.1 Å². The first-order valence-corrected chi connectivity index (χ1v) is 12.4. The number of H-pyrrole nitrogens is 1. The number of aromatic amines is 1. The minimum absolute atomic E-state index is 0.124. The quantitative estimate of drug-likeness (QED) is 0.308. The molecule has 0 unspecified atom stereocenters. The number of aromatic nitrogens is 3. The number of hydrogen-bond donors (Lipinski definition) is 3. The van der Waals surface area contributed by atoms with E-state index in [1.54, 1.807) is 6.92 Å². The highest BCUT2D eigenvalue weighted by molar-refractivity contribution is 5.92. The maximum Gasteiger partial charge on any atom is 0.323 e. The molecule has 2 aromatic carbocycles. The Balaban J connectivity index is 1.82. The fourth-order valence-corrected chi connectivity index (χ4v) is 4.08. The van der Waals surface area contributed by atoms with Gasteiger partial charge in [-0.1, -0.05) is 73.7 Å². The van der Waals surface area contributed by atoms with Crippen LogP contribution in [0.25, 0.3) is 11.1 Å². The Bertz CT molecular complexity index is 1200. The molecule has 3 rings (SSSR count). The van der Waals surface area contributed by atoms with E-state index in [1.807, 2.05) is 68.4 Å². The van der Waals surface area contributed by atoms with Crippen molar-refractivity contribution in [2.75, 3.05) is 13.7 Å². The van der Waals surface area contributed by atoms with Gasteiger partial charge in [0.15, 0.2) is 0 Å². The Labute approximate surface area is 222 Å². The summed E-state index contributed by atoms with van der Waals surface area (Å²) in [6.45, 7) is 5.01. The lowest BCUT2D eigenvalue weighted by Crippen LogP contribution is -2.46. The van der Waals surface area contributed by atoms with E-state index < -0.39 is 35.3 Å². The fraction of sp³-hybridized carbons (Fsp3) is 0.393. The summed E-state index contributed by atoms with van der Waals surface area (Å²) in [7, 11) is 1.27. The van der Waals surface area contributed by atoms with Gasteiger partial charge in [0, 0.05) is 6.04 Å². The molecule has 1 heterocycles. The number of benzene rings is 2. The lowest BCUT2D eigenvalue weighted by Gasteiger charge is -2.31. The fourth-order valence-electron chi connectivity index (χ4n) is 4.08. The summed E-state index contributed by atoms with van der Waals surface area (Å²) in [4.78, 5) is 38.1. The largest absolute Gasteiger partial charge is 0.468 e. The van der Waals surface area contributed by atoms with Crippen LogP contribution in [0.3, 0.4) is 0 Å². The SMILES string of the molecule is COC(=O)[C@](C)(COC(=O)[C@@H](N)C(C)C)C[C@@H](Cc1ccc(-c2ccccc2)cc1)NC(=O)c1cnn[nH]1. The van der Waals surface area contributed by atoms with Crippen LogP contribution in [-0.2, 0) is 25.5 Å². The number of esters is 2. The third-order valence-corrected chi connectivity index (χ3v) is 6.44. The third-order valence-electron chi connectivity index (χ3n) is 6.44. The van der Waals surface area contributed by atoms with Crippen molar-refractivity contribution >= 4 is 17.8 Å². The Kier molecular flexibility index (Phi) is 9.72. The second-order valence-corrected chi connectivity index (χ2v) is 9.94. The molecule has 4 N–H and O–H groups in total. The van der Waals surface area contributed by atoms with Crippen LogP contribution < -0.4 is 11.1 Å². The van der Waals surface area contributed by atoms with Crippen LogP contribution in [-0.4, -0.2) is 59.1 Å². The van der Waals surface area contributed by atoms with Crippen molar-refractivity contribution in [3.63, 3.8) is 0 Å². The zero-order valence-corrected chi connectivity index (χ0v) is 22.1. The van der Waals surface area contributed by atoms with Crippen LogP contribution in [0.2, 0.25) is 0 Å². The van der Waals surface area contributed by atoms with Gasteiger partial charge in [0.2, 0.25) is 0 Å². The molecule has 1 aromatic heterocycles. The second kappa shape index (κ2) is 13.0. The molecule has 38 heavy (non-hydrogen) atoms. The number of amides is 1. The van der Waals surface area contributed by atoms with Gasteiger partial charge >= 0.3 is 11.9 Å². The van der Waals surface area contributed by atoms with Gasteiger partial charge in [-0.25, -0.2) is 0 Å². The molecule has 1 amide bonds. The lowest BCUT2D eigenvalue weighted by atomic mass is 9.82. The minimum atomic E-state index is -1.24. The Morgan fingerprint density at radius 2 is 1.71 bits per heavy atom. The van der Waals surface area contributed by atoms with Crippen molar-refractivity contribution in [2.24, 2.45) is 17.1 Å². The number of hydrogen-bond acceptors (Lipinski definition) is 8. The number of nitrogens with two attached hydrogens (primary N) is 1. The Morgan fingerprint density at radius 3 is 2.29 bits per heavy atom. The van der Waals surface area contributed by atoms with Gasteiger partial charge in [-0.15, -0.1) is 5.10 Å². The molecule has 0 aliphatic heterocycles. The van der Waals surface area contributed by atoms with Crippen LogP contribution in [0.4, 0.5) is 0 Å². The molecule has 10 heteroatoms. The first-order chi connectivity index (χ1) is 18.1. The highest BCUT2D eigenvalue weighted by atomic mass is 16.5. The molecule has 0 fully saturated rings. The molecule has 0 bridgehead atoms. The van der Waals surface area contributed by atoms with Crippen molar-refractivity contribution in [2.45, 2.75) is 45.7 Å². The third kappa shape index (κ3) is 7.48. The van der Waals surface area contributed by atoms with Crippen LogP contribution >= 0.6 is 0 Å². The van der Waals surface area contributed by atoms with Crippen molar-refractivity contribution in [3.8, 4) is 11.1 Å². The number of nitrogens with one attached hydrogen (secondary N) is 2. The predicted molar refractivity (Wildman–Crippen MR) is 142 cm³/mol. The standard InChI is InChI=1S/C28H35N5O5/c1-18(2)24(29)26(35)38-17-28(3,27(36)37-4)15-22(31-25(34)23-16-30-33-32-23)14-19-10-12-21(13-11-19)20-8-6-5-7-9-20/h5-13,16,18,22,24H,14-15,17,29H2,1-4H3,(H,31,34)(H,30,32,33)/t22-,24+,28+/m1/s1. The highest BCUT2D eigenvalue weighted by Crippen LogP contribution is 2.28. The number of methoxy groups -OCH3 is 1. The van der Waals surface area contributed by atoms with Crippen molar-refractivity contribution < 1.29 is 23.9 Å². The van der Waals surface area contributed by atoms with E-state index in [4.69, 9.17) is 15.2 Å². The normalized spacial score (nSPS) is 14.3. The molecule has 0 radical (unpaired) electrons. The molecule has 0 saturated heterocycles. The molecule has 0 saturated carbocycles. The zero-order chi connectivity index (χ0) is 27.7. The van der Waals surface area contributed by atoms with Gasteiger partial charge in [-0.3, -0.25) is 19.5 Å². The first-order valence-electron chi connectivity index (χ1n) is 12.4. The number of carbonyl (C=O) groups excluding carboxylic acids is 3. The number of ether oxygens (including phenoxy) is 2. The maximum absolute atomic E-state index is 12.9. The summed E-state index contributed by atoms with van der Waals surface area (Å²) in [5, 5.41) is 12.7. The molecule has 202 valence electrons. The maximum atomic E-state index is 12.9. The lowest BCUT2D eigenvalue weighted by molar-refractivity contribution is -0.162. The first kappa shape index (κ1) is 28.5. The van der Waals surface area contributed by atoms with Crippen LogP contribution in [0.1, 0.15) is 43.2 Å². The summed E-state index contributed by atoms with van der Waals surface area (Å²) in [6, 6.07) is 16.6. The van der Waals surface area contributed by atoms with E-state index in [1.165, 1.54) is 13.3 Å². The monoisotopic (exact) mass is 521 g/mol. The van der Waals surface area contributed by atoms with Gasteiger partial charge in [0.1, 0.15) is 23.8 Å². The van der Waals surface area contributed by atoms with E-state index in [0.717, 1.165) is 16.7 Å². The summed E-state index contributed by atoms with van der Waals surface area (Å²) >= 11 is 0. The molecular weight excluding hydrogens is 486 g/mol.